The van der Waals surface area contributed by atoms with Gasteiger partial charge in [0, 0.05) is 24.4 Å². The van der Waals surface area contributed by atoms with Crippen molar-refractivity contribution in [2.24, 2.45) is 0 Å². The zero-order valence-electron chi connectivity index (χ0n) is 37.1. The van der Waals surface area contributed by atoms with Crippen LogP contribution >= 0.6 is 11.8 Å². The van der Waals surface area contributed by atoms with E-state index in [4.69, 9.17) is 0 Å². The topological polar surface area (TPSA) is 156 Å². The molecule has 4 rings (SSSR count). The van der Waals surface area contributed by atoms with Crippen molar-refractivity contribution in [2.45, 2.75) is 166 Å². The van der Waals surface area contributed by atoms with E-state index in [1.54, 1.807) is 51.1 Å². The number of nitrogens with zero attached hydrogens (tertiary/aromatic N) is 4. The number of hydrogen-bond acceptors (Lipinski definition) is 7. The number of unbranched alkanes of at least 4 members (excludes halogenated alkanes) is 14. The Labute approximate surface area is 358 Å². The van der Waals surface area contributed by atoms with Crippen LogP contribution in [-0.4, -0.2) is 129 Å². The van der Waals surface area contributed by atoms with E-state index in [0.29, 0.717) is 12.1 Å². The number of nitrogens with one attached hydrogen (secondary N) is 2. The maximum Gasteiger partial charge on any atom is 0.327 e. The van der Waals surface area contributed by atoms with Gasteiger partial charge in [-0.1, -0.05) is 121 Å². The summed E-state index contributed by atoms with van der Waals surface area (Å²) in [5.41, 5.74) is 0.403. The number of likely N-dealkylation sites (N-methyl/N-ethyl adjacent to an activating group) is 1. The number of amides is 6. The van der Waals surface area contributed by atoms with Crippen LogP contribution in [0.25, 0.3) is 0 Å². The van der Waals surface area contributed by atoms with Crippen molar-refractivity contribution in [3.05, 3.63) is 35.9 Å². The van der Waals surface area contributed by atoms with Crippen LogP contribution in [-0.2, 0) is 24.0 Å². The third-order valence-electron chi connectivity index (χ3n) is 11.8. The highest BCUT2D eigenvalue weighted by molar-refractivity contribution is 8.01. The first-order valence-corrected chi connectivity index (χ1v) is 23.3. The van der Waals surface area contributed by atoms with Crippen LogP contribution in [0.3, 0.4) is 0 Å². The van der Waals surface area contributed by atoms with E-state index in [0.717, 1.165) is 4.90 Å². The summed E-state index contributed by atoms with van der Waals surface area (Å²) in [6, 6.07) is 4.11. The van der Waals surface area contributed by atoms with E-state index in [9.17, 15) is 33.9 Å². The Kier molecular flexibility index (Phi) is 20.7. The number of quaternary nitrogens is 1. The molecule has 3 aliphatic rings. The summed E-state index contributed by atoms with van der Waals surface area (Å²) < 4.78 is 0.484. The molecule has 0 aromatic heterocycles. The zero-order valence-corrected chi connectivity index (χ0v) is 38.0. The predicted octanol–water partition coefficient (Wildman–Crippen LogP) is 7.10. The van der Waals surface area contributed by atoms with Crippen LogP contribution in [0.4, 0.5) is 4.79 Å². The Bertz CT molecular complexity index is 1500. The second-order valence-electron chi connectivity index (χ2n) is 17.6. The largest absolute Gasteiger partial charge is 0.480 e. The molecular weight excluding hydrogens is 769 g/mol. The van der Waals surface area contributed by atoms with Gasteiger partial charge in [-0.2, -0.15) is 0 Å². The number of thioether (sulfide) groups is 1. The predicted molar refractivity (Wildman–Crippen MR) is 234 cm³/mol. The fourth-order valence-corrected chi connectivity index (χ4v) is 9.78. The average Bonchev–Trinajstić information content (AvgIpc) is 3.46. The molecule has 13 nitrogen and oxygen atoms in total. The molecule has 59 heavy (non-hydrogen) atoms. The van der Waals surface area contributed by atoms with Gasteiger partial charge < -0.3 is 30.0 Å². The standard InChI is InChI=1S/C23H27N5O7S.C22H48N/c1-4-26-10-11-27(19(32)18(26)31)22(35)25-13(12-8-6-5-7-9-12)16(29)24-14-17(30)28-15(21(33)34)23(2,3)36-20(14)28;1-5-7-9-11-13-15-17-19-21-23(3,4)22-20-18-16-14-12-10-8-6-2/h5-9,13-15,20H,4,10-11H2,1-3H3,(H,24,29)(H,25,35)(H,33,34);5-22H2,1-4H3/q;+1/t13-,14-,15+,20-;/m1./s1. The molecule has 3 aliphatic heterocycles. The Balaban J connectivity index is 0.000000352. The van der Waals surface area contributed by atoms with Crippen molar-refractivity contribution in [1.82, 2.24) is 25.3 Å². The van der Waals surface area contributed by atoms with Gasteiger partial charge >= 0.3 is 23.8 Å². The molecule has 0 saturated carbocycles. The minimum atomic E-state index is -1.26. The molecule has 6 amide bonds. The second kappa shape index (κ2) is 24.6. The number of benzene rings is 1. The van der Waals surface area contributed by atoms with E-state index in [2.05, 4.69) is 38.6 Å². The van der Waals surface area contributed by atoms with Crippen LogP contribution in [0.1, 0.15) is 149 Å². The van der Waals surface area contributed by atoms with Crippen molar-refractivity contribution in [3.63, 3.8) is 0 Å². The molecule has 0 radical (unpaired) electrons. The summed E-state index contributed by atoms with van der Waals surface area (Å²) in [4.78, 5) is 78.8. The molecule has 14 heteroatoms. The number of carbonyl (C=O) groups is 6. The monoisotopic (exact) mass is 844 g/mol. The lowest BCUT2D eigenvalue weighted by molar-refractivity contribution is -0.890. The number of urea groups is 1. The summed E-state index contributed by atoms with van der Waals surface area (Å²) in [5.74, 6) is -4.12. The molecule has 3 heterocycles. The van der Waals surface area contributed by atoms with Gasteiger partial charge in [0.05, 0.1) is 27.2 Å². The summed E-state index contributed by atoms with van der Waals surface area (Å²) >= 11 is 1.28. The quantitative estimate of drug-likeness (QED) is 0.0431. The molecule has 3 fully saturated rings. The van der Waals surface area contributed by atoms with Crippen LogP contribution in [0.15, 0.2) is 30.3 Å². The van der Waals surface area contributed by atoms with Crippen molar-refractivity contribution < 1.29 is 38.4 Å². The number of carboxylic acid groups (broad SMARTS) is 1. The van der Waals surface area contributed by atoms with Crippen LogP contribution in [0.5, 0.6) is 0 Å². The molecule has 0 aliphatic carbocycles. The lowest BCUT2D eigenvalue weighted by Gasteiger charge is -2.44. The number of aliphatic carboxylic acids is 1. The first-order valence-electron chi connectivity index (χ1n) is 22.4. The maximum atomic E-state index is 13.3. The highest BCUT2D eigenvalue weighted by Gasteiger charge is 2.64. The van der Waals surface area contributed by atoms with E-state index in [-0.39, 0.29) is 13.1 Å². The number of β-lactam (4-membered cyclic amide) rings is 1. The number of imide groups is 1. The lowest BCUT2D eigenvalue weighted by Crippen LogP contribution is -2.71. The minimum Gasteiger partial charge on any atom is -0.480 e. The van der Waals surface area contributed by atoms with Gasteiger partial charge in [0.15, 0.2) is 0 Å². The van der Waals surface area contributed by atoms with Gasteiger partial charge in [0.2, 0.25) is 11.8 Å². The maximum absolute atomic E-state index is 13.3. The van der Waals surface area contributed by atoms with Gasteiger partial charge in [-0.05, 0) is 52.0 Å². The molecular formula is C45H75N6O7S+. The van der Waals surface area contributed by atoms with Crippen molar-refractivity contribution >= 4 is 47.4 Å². The fourth-order valence-electron chi connectivity index (χ4n) is 8.16. The second-order valence-corrected chi connectivity index (χ2v) is 19.3. The van der Waals surface area contributed by atoms with Crippen molar-refractivity contribution in [1.29, 1.82) is 0 Å². The number of rotatable bonds is 24. The first-order chi connectivity index (χ1) is 28.1. The third-order valence-corrected chi connectivity index (χ3v) is 13.4. The third kappa shape index (κ3) is 14.8. The molecule has 1 aromatic carbocycles. The van der Waals surface area contributed by atoms with Gasteiger partial charge in [0.1, 0.15) is 23.5 Å². The van der Waals surface area contributed by atoms with Gasteiger partial charge in [-0.15, -0.1) is 11.8 Å². The number of carboxylic acids is 1. The SMILES string of the molecule is CCCCCCCCCC[N+](C)(C)CCCCCCCCCC.CCN1CCN(C(=O)N[C@@H](C(=O)N[C@@H]2C(=O)N3[C@@H]2SC(C)(C)[C@@H]3C(=O)O)c2ccccc2)C(=O)C1=O. The molecule has 1 aromatic rings. The highest BCUT2D eigenvalue weighted by Crippen LogP contribution is 2.50. The van der Waals surface area contributed by atoms with E-state index in [1.807, 2.05) is 0 Å². The van der Waals surface area contributed by atoms with Crippen molar-refractivity contribution in [3.8, 4) is 0 Å². The summed E-state index contributed by atoms with van der Waals surface area (Å²) in [6.07, 6.45) is 23.0. The highest BCUT2D eigenvalue weighted by atomic mass is 32.2. The van der Waals surface area contributed by atoms with Crippen LogP contribution < -0.4 is 10.6 Å². The van der Waals surface area contributed by atoms with Gasteiger partial charge in [0.25, 0.3) is 0 Å². The Morgan fingerprint density at radius 2 is 1.29 bits per heavy atom. The van der Waals surface area contributed by atoms with Crippen molar-refractivity contribution in [2.75, 3.05) is 46.8 Å². The normalized spacial score (nSPS) is 20.4. The Morgan fingerprint density at radius 3 is 1.78 bits per heavy atom. The van der Waals surface area contributed by atoms with E-state index >= 15 is 0 Å². The van der Waals surface area contributed by atoms with E-state index < -0.39 is 63.9 Å². The van der Waals surface area contributed by atoms with E-state index in [1.165, 1.54) is 142 Å². The first kappa shape index (κ1) is 49.7. The summed E-state index contributed by atoms with van der Waals surface area (Å²) in [6.45, 7) is 13.0. The minimum absolute atomic E-state index is 0.0200. The average molecular weight is 844 g/mol. The fraction of sp³-hybridized carbons (Fsp3) is 0.733. The van der Waals surface area contributed by atoms with Crippen LogP contribution in [0, 0.1) is 0 Å². The molecule has 332 valence electrons. The summed E-state index contributed by atoms with van der Waals surface area (Å²) in [7, 11) is 4.87. The Hall–Kier alpha value is -3.65. The molecule has 0 unspecified atom stereocenters. The van der Waals surface area contributed by atoms with Gasteiger partial charge in [-0.3, -0.25) is 24.1 Å². The lowest BCUT2D eigenvalue weighted by atomic mass is 9.95. The molecule has 3 N–H and O–H groups in total. The number of piperazine rings is 1. The number of fused-ring (bicyclic) bond motifs is 1. The smallest absolute Gasteiger partial charge is 0.327 e. The number of hydrogen-bond donors (Lipinski definition) is 3. The summed E-state index contributed by atoms with van der Waals surface area (Å²) in [5, 5.41) is 14.2. The number of carbonyl (C=O) groups excluding carboxylic acids is 5. The molecule has 4 atom stereocenters. The molecule has 0 bridgehead atoms. The Morgan fingerprint density at radius 1 is 0.780 bits per heavy atom. The molecule has 0 spiro atoms. The molecule has 3 saturated heterocycles. The van der Waals surface area contributed by atoms with Crippen LogP contribution in [0.2, 0.25) is 0 Å². The zero-order chi connectivity index (χ0) is 43.6. The van der Waals surface area contributed by atoms with Gasteiger partial charge in [-0.25, -0.2) is 9.59 Å².